The van der Waals surface area contributed by atoms with Gasteiger partial charge in [-0.15, -0.1) is 0 Å². The van der Waals surface area contributed by atoms with Crippen LogP contribution in [0, 0.1) is 11.3 Å². The SMILES string of the molecule is C[C@]12C=CCC(=O)[C@H]1CCC2=O. The minimum Gasteiger partial charge on any atom is -0.299 e. The number of fused-ring (bicyclic) bond motifs is 1. The molecule has 64 valence electrons. The number of hydrogen-bond acceptors (Lipinski definition) is 2. The van der Waals surface area contributed by atoms with E-state index in [1.807, 2.05) is 19.1 Å². The summed E-state index contributed by atoms with van der Waals surface area (Å²) in [6.45, 7) is 1.89. The van der Waals surface area contributed by atoms with Gasteiger partial charge in [-0.1, -0.05) is 12.2 Å². The van der Waals surface area contributed by atoms with Gasteiger partial charge >= 0.3 is 0 Å². The van der Waals surface area contributed by atoms with E-state index in [-0.39, 0.29) is 17.5 Å². The third kappa shape index (κ3) is 0.808. The van der Waals surface area contributed by atoms with Crippen molar-refractivity contribution in [3.8, 4) is 0 Å². The molecule has 0 aliphatic heterocycles. The second-order valence-electron chi connectivity index (χ2n) is 3.87. The highest BCUT2D eigenvalue weighted by Gasteiger charge is 2.48. The fourth-order valence-electron chi connectivity index (χ4n) is 2.31. The summed E-state index contributed by atoms with van der Waals surface area (Å²) in [6.07, 6.45) is 5.62. The summed E-state index contributed by atoms with van der Waals surface area (Å²) in [5.74, 6) is 0.456. The van der Waals surface area contributed by atoms with Gasteiger partial charge < -0.3 is 0 Å². The average molecular weight is 164 g/mol. The molecular weight excluding hydrogens is 152 g/mol. The second kappa shape index (κ2) is 2.28. The van der Waals surface area contributed by atoms with Gasteiger partial charge in [0.05, 0.1) is 5.41 Å². The van der Waals surface area contributed by atoms with Crippen LogP contribution in [0.1, 0.15) is 26.2 Å². The molecule has 0 radical (unpaired) electrons. The molecule has 0 saturated heterocycles. The van der Waals surface area contributed by atoms with Crippen molar-refractivity contribution in [1.29, 1.82) is 0 Å². The van der Waals surface area contributed by atoms with Gasteiger partial charge in [-0.2, -0.15) is 0 Å². The number of hydrogen-bond donors (Lipinski definition) is 0. The van der Waals surface area contributed by atoms with E-state index in [9.17, 15) is 9.59 Å². The predicted molar refractivity (Wildman–Crippen MR) is 44.6 cm³/mol. The third-order valence-electron chi connectivity index (χ3n) is 3.16. The molecule has 0 N–H and O–H groups in total. The van der Waals surface area contributed by atoms with Crippen LogP contribution in [0.25, 0.3) is 0 Å². The highest BCUT2D eigenvalue weighted by Crippen LogP contribution is 2.44. The van der Waals surface area contributed by atoms with E-state index in [0.717, 1.165) is 6.42 Å². The topological polar surface area (TPSA) is 34.1 Å². The number of carbonyl (C=O) groups is 2. The molecule has 2 nitrogen and oxygen atoms in total. The van der Waals surface area contributed by atoms with Crippen molar-refractivity contribution in [2.45, 2.75) is 26.2 Å². The highest BCUT2D eigenvalue weighted by molar-refractivity contribution is 5.98. The molecule has 0 bridgehead atoms. The summed E-state index contributed by atoms with van der Waals surface area (Å²) in [7, 11) is 0. The lowest BCUT2D eigenvalue weighted by Gasteiger charge is -2.28. The van der Waals surface area contributed by atoms with Crippen LogP contribution in [0.3, 0.4) is 0 Å². The Labute approximate surface area is 71.6 Å². The smallest absolute Gasteiger partial charge is 0.143 e. The molecule has 2 atom stereocenters. The molecule has 0 spiro atoms. The Morgan fingerprint density at radius 3 is 2.92 bits per heavy atom. The zero-order chi connectivity index (χ0) is 8.77. The van der Waals surface area contributed by atoms with Crippen molar-refractivity contribution in [3.63, 3.8) is 0 Å². The van der Waals surface area contributed by atoms with Gasteiger partial charge in [0.25, 0.3) is 0 Å². The van der Waals surface area contributed by atoms with Gasteiger partial charge in [0, 0.05) is 18.8 Å². The molecule has 0 unspecified atom stereocenters. The van der Waals surface area contributed by atoms with Crippen LogP contribution >= 0.6 is 0 Å². The van der Waals surface area contributed by atoms with Gasteiger partial charge in [0.2, 0.25) is 0 Å². The number of ketones is 2. The lowest BCUT2D eigenvalue weighted by molar-refractivity contribution is -0.131. The molecule has 1 saturated carbocycles. The molecule has 2 aliphatic carbocycles. The second-order valence-corrected chi connectivity index (χ2v) is 3.87. The van der Waals surface area contributed by atoms with Crippen LogP contribution in [0.5, 0.6) is 0 Å². The fourth-order valence-corrected chi connectivity index (χ4v) is 2.31. The van der Waals surface area contributed by atoms with E-state index in [1.54, 1.807) is 0 Å². The summed E-state index contributed by atoms with van der Waals surface area (Å²) in [6, 6.07) is 0. The predicted octanol–water partition coefficient (Wildman–Crippen LogP) is 1.50. The molecular formula is C10H12O2. The van der Waals surface area contributed by atoms with Crippen molar-refractivity contribution in [2.75, 3.05) is 0 Å². The Hall–Kier alpha value is -0.920. The largest absolute Gasteiger partial charge is 0.299 e. The average Bonchev–Trinajstić information content (AvgIpc) is 2.30. The van der Waals surface area contributed by atoms with Crippen molar-refractivity contribution in [3.05, 3.63) is 12.2 Å². The number of carbonyl (C=O) groups excluding carboxylic acids is 2. The van der Waals surface area contributed by atoms with Crippen molar-refractivity contribution >= 4 is 11.6 Å². The molecule has 2 heteroatoms. The van der Waals surface area contributed by atoms with E-state index in [2.05, 4.69) is 0 Å². The Morgan fingerprint density at radius 1 is 1.50 bits per heavy atom. The molecule has 0 aromatic carbocycles. The Balaban J connectivity index is 2.44. The first-order valence-corrected chi connectivity index (χ1v) is 4.38. The molecule has 2 rings (SSSR count). The molecule has 0 amide bonds. The molecule has 0 heterocycles. The summed E-state index contributed by atoms with van der Waals surface area (Å²) in [5, 5.41) is 0. The normalized spacial score (nSPS) is 40.2. The Bertz CT molecular complexity index is 278. The maximum Gasteiger partial charge on any atom is 0.143 e. The van der Waals surface area contributed by atoms with Crippen LogP contribution < -0.4 is 0 Å². The monoisotopic (exact) mass is 164 g/mol. The maximum absolute atomic E-state index is 11.5. The summed E-state index contributed by atoms with van der Waals surface area (Å²) in [5.41, 5.74) is -0.449. The molecule has 0 aromatic rings. The summed E-state index contributed by atoms with van der Waals surface area (Å²) in [4.78, 5) is 22.9. The van der Waals surface area contributed by atoms with E-state index >= 15 is 0 Å². The first kappa shape index (κ1) is 7.71. The van der Waals surface area contributed by atoms with Crippen LogP contribution in [-0.2, 0) is 9.59 Å². The van der Waals surface area contributed by atoms with Crippen LogP contribution in [0.2, 0.25) is 0 Å². The quantitative estimate of drug-likeness (QED) is 0.508. The summed E-state index contributed by atoms with van der Waals surface area (Å²) >= 11 is 0. The van der Waals surface area contributed by atoms with Gasteiger partial charge in [-0.3, -0.25) is 9.59 Å². The zero-order valence-corrected chi connectivity index (χ0v) is 7.17. The molecule has 0 aromatic heterocycles. The van der Waals surface area contributed by atoms with Crippen molar-refractivity contribution in [1.82, 2.24) is 0 Å². The van der Waals surface area contributed by atoms with E-state index in [4.69, 9.17) is 0 Å². The fraction of sp³-hybridized carbons (Fsp3) is 0.600. The van der Waals surface area contributed by atoms with E-state index in [1.165, 1.54) is 0 Å². The molecule has 2 aliphatic rings. The zero-order valence-electron chi connectivity index (χ0n) is 7.17. The lowest BCUT2D eigenvalue weighted by Crippen LogP contribution is -2.34. The minimum atomic E-state index is -0.449. The van der Waals surface area contributed by atoms with E-state index < -0.39 is 5.41 Å². The van der Waals surface area contributed by atoms with Crippen molar-refractivity contribution < 1.29 is 9.59 Å². The summed E-state index contributed by atoms with van der Waals surface area (Å²) < 4.78 is 0. The number of Topliss-reactive ketones (excluding diaryl/α,β-unsaturated/α-hetero) is 2. The van der Waals surface area contributed by atoms with Crippen molar-refractivity contribution in [2.24, 2.45) is 11.3 Å². The van der Waals surface area contributed by atoms with Gasteiger partial charge in [0.15, 0.2) is 0 Å². The molecule has 1 fully saturated rings. The van der Waals surface area contributed by atoms with Gasteiger partial charge in [0.1, 0.15) is 11.6 Å². The standard InChI is InChI=1S/C10H12O2/c1-10-6-2-3-8(11)7(10)4-5-9(10)12/h2,6-7H,3-5H2,1H3/t7-,10+/m1/s1. The maximum atomic E-state index is 11.5. The first-order valence-electron chi connectivity index (χ1n) is 4.38. The number of allylic oxidation sites excluding steroid dienone is 2. The van der Waals surface area contributed by atoms with Crippen LogP contribution in [0.4, 0.5) is 0 Å². The first-order chi connectivity index (χ1) is 5.64. The van der Waals surface area contributed by atoms with Crippen LogP contribution in [-0.4, -0.2) is 11.6 Å². The molecule has 12 heavy (non-hydrogen) atoms. The minimum absolute atomic E-state index is 0.0185. The van der Waals surface area contributed by atoms with Crippen LogP contribution in [0.15, 0.2) is 12.2 Å². The van der Waals surface area contributed by atoms with Gasteiger partial charge in [-0.25, -0.2) is 0 Å². The number of rotatable bonds is 0. The highest BCUT2D eigenvalue weighted by atomic mass is 16.1. The van der Waals surface area contributed by atoms with Gasteiger partial charge in [-0.05, 0) is 13.3 Å². The Morgan fingerprint density at radius 2 is 2.25 bits per heavy atom. The lowest BCUT2D eigenvalue weighted by atomic mass is 9.73. The Kier molecular flexibility index (Phi) is 1.47. The van der Waals surface area contributed by atoms with E-state index in [0.29, 0.717) is 12.8 Å². The third-order valence-corrected chi connectivity index (χ3v) is 3.16.